The second-order valence-corrected chi connectivity index (χ2v) is 7.03. The van der Waals surface area contributed by atoms with Crippen molar-refractivity contribution < 1.29 is 24.1 Å². The SMILES string of the molecule is C=C(Oc1cccc(-c2ccc(OCCN3CCOc4ccccc43)cc2)c1)C(=O)O. The van der Waals surface area contributed by atoms with Crippen molar-refractivity contribution >= 4 is 11.7 Å². The molecule has 0 aromatic heterocycles. The molecule has 1 N–H and O–H groups in total. The van der Waals surface area contributed by atoms with Gasteiger partial charge in [-0.2, -0.15) is 0 Å². The Balaban J connectivity index is 1.35. The number of rotatable bonds is 8. The third kappa shape index (κ3) is 4.98. The highest BCUT2D eigenvalue weighted by atomic mass is 16.5. The molecule has 1 aliphatic rings. The fourth-order valence-corrected chi connectivity index (χ4v) is 3.40. The molecule has 0 unspecified atom stereocenters. The number of ether oxygens (including phenoxy) is 3. The fourth-order valence-electron chi connectivity index (χ4n) is 3.40. The van der Waals surface area contributed by atoms with Gasteiger partial charge in [0.1, 0.15) is 30.5 Å². The van der Waals surface area contributed by atoms with E-state index >= 15 is 0 Å². The van der Waals surface area contributed by atoms with Gasteiger partial charge < -0.3 is 24.2 Å². The molecule has 0 aliphatic carbocycles. The summed E-state index contributed by atoms with van der Waals surface area (Å²) >= 11 is 0. The average Bonchev–Trinajstić information content (AvgIpc) is 2.80. The molecule has 0 fully saturated rings. The van der Waals surface area contributed by atoms with Gasteiger partial charge in [0.05, 0.1) is 18.8 Å². The van der Waals surface area contributed by atoms with Crippen molar-refractivity contribution in [2.45, 2.75) is 0 Å². The third-order valence-corrected chi connectivity index (χ3v) is 4.96. The summed E-state index contributed by atoms with van der Waals surface area (Å²) in [6, 6.07) is 23.0. The Labute approximate surface area is 180 Å². The van der Waals surface area contributed by atoms with Crippen molar-refractivity contribution in [1.82, 2.24) is 0 Å². The quantitative estimate of drug-likeness (QED) is 0.427. The van der Waals surface area contributed by atoms with E-state index in [9.17, 15) is 4.79 Å². The zero-order valence-corrected chi connectivity index (χ0v) is 17.0. The van der Waals surface area contributed by atoms with Crippen LogP contribution in [-0.2, 0) is 4.79 Å². The number of carboxylic acids is 1. The standard InChI is InChI=1S/C25H23NO5/c1-18(25(27)28)31-22-6-4-5-20(17-22)19-9-11-21(12-10-19)29-15-13-26-14-16-30-24-8-3-2-7-23(24)26/h2-12,17H,1,13-16H2,(H,27,28). The van der Waals surface area contributed by atoms with Crippen LogP contribution in [0.4, 0.5) is 5.69 Å². The molecule has 6 heteroatoms. The minimum Gasteiger partial charge on any atom is -0.492 e. The van der Waals surface area contributed by atoms with Crippen LogP contribution in [0.2, 0.25) is 0 Å². The summed E-state index contributed by atoms with van der Waals surface area (Å²) in [5.41, 5.74) is 2.98. The van der Waals surface area contributed by atoms with Gasteiger partial charge >= 0.3 is 5.97 Å². The molecule has 0 radical (unpaired) electrons. The van der Waals surface area contributed by atoms with E-state index in [-0.39, 0.29) is 5.76 Å². The molecule has 0 spiro atoms. The maximum absolute atomic E-state index is 10.9. The van der Waals surface area contributed by atoms with Gasteiger partial charge in [-0.15, -0.1) is 0 Å². The van der Waals surface area contributed by atoms with Crippen molar-refractivity contribution in [3.8, 4) is 28.4 Å². The number of hydrogen-bond donors (Lipinski definition) is 1. The van der Waals surface area contributed by atoms with E-state index in [1.165, 1.54) is 0 Å². The predicted octanol–water partition coefficient (Wildman–Crippen LogP) is 4.61. The first-order valence-corrected chi connectivity index (χ1v) is 10.0. The first kappa shape index (κ1) is 20.3. The van der Waals surface area contributed by atoms with Gasteiger partial charge in [0.15, 0.2) is 0 Å². The van der Waals surface area contributed by atoms with Crippen molar-refractivity contribution in [3.63, 3.8) is 0 Å². The Morgan fingerprint density at radius 3 is 2.61 bits per heavy atom. The second kappa shape index (κ2) is 9.26. The largest absolute Gasteiger partial charge is 0.492 e. The van der Waals surface area contributed by atoms with Gasteiger partial charge in [0.25, 0.3) is 0 Å². The molecule has 1 aliphatic heterocycles. The Kier molecular flexibility index (Phi) is 6.08. The number of carbonyl (C=O) groups is 1. The summed E-state index contributed by atoms with van der Waals surface area (Å²) in [6.07, 6.45) is 0. The van der Waals surface area contributed by atoms with E-state index in [0.717, 1.165) is 41.4 Å². The molecular formula is C25H23NO5. The summed E-state index contributed by atoms with van der Waals surface area (Å²) < 4.78 is 16.9. The van der Waals surface area contributed by atoms with Crippen LogP contribution < -0.4 is 19.1 Å². The lowest BCUT2D eigenvalue weighted by atomic mass is 10.1. The van der Waals surface area contributed by atoms with E-state index in [4.69, 9.17) is 19.3 Å². The molecule has 31 heavy (non-hydrogen) atoms. The highest BCUT2D eigenvalue weighted by Gasteiger charge is 2.17. The Morgan fingerprint density at radius 2 is 1.81 bits per heavy atom. The summed E-state index contributed by atoms with van der Waals surface area (Å²) in [7, 11) is 0. The molecule has 158 valence electrons. The number of carboxylic acid groups (broad SMARTS) is 1. The Bertz CT molecular complexity index is 1080. The van der Waals surface area contributed by atoms with E-state index < -0.39 is 5.97 Å². The van der Waals surface area contributed by atoms with Crippen LogP contribution in [0.1, 0.15) is 0 Å². The monoisotopic (exact) mass is 417 g/mol. The lowest BCUT2D eigenvalue weighted by Crippen LogP contribution is -2.35. The first-order chi connectivity index (χ1) is 15.1. The normalized spacial score (nSPS) is 12.5. The number of nitrogens with zero attached hydrogens (tertiary/aromatic N) is 1. The van der Waals surface area contributed by atoms with Crippen LogP contribution in [0, 0.1) is 0 Å². The van der Waals surface area contributed by atoms with Gasteiger partial charge in [0, 0.05) is 0 Å². The van der Waals surface area contributed by atoms with Crippen LogP contribution in [-0.4, -0.2) is 37.4 Å². The summed E-state index contributed by atoms with van der Waals surface area (Å²) in [5.74, 6) is 0.625. The number of benzene rings is 3. The molecule has 1 heterocycles. The number of anilines is 1. The summed E-state index contributed by atoms with van der Waals surface area (Å²) in [4.78, 5) is 13.2. The van der Waals surface area contributed by atoms with Gasteiger partial charge in [-0.05, 0) is 54.1 Å². The molecule has 0 bridgehead atoms. The van der Waals surface area contributed by atoms with Gasteiger partial charge in [-0.3, -0.25) is 0 Å². The molecule has 0 amide bonds. The first-order valence-electron chi connectivity index (χ1n) is 10.0. The Hall–Kier alpha value is -3.93. The van der Waals surface area contributed by atoms with Crippen molar-refractivity contribution in [1.29, 1.82) is 0 Å². The predicted molar refractivity (Wildman–Crippen MR) is 119 cm³/mol. The zero-order chi connectivity index (χ0) is 21.6. The molecular weight excluding hydrogens is 394 g/mol. The second-order valence-electron chi connectivity index (χ2n) is 7.03. The molecule has 4 rings (SSSR count). The van der Waals surface area contributed by atoms with Crippen LogP contribution in [0.5, 0.6) is 17.2 Å². The molecule has 3 aromatic carbocycles. The minimum atomic E-state index is -1.19. The number of hydrogen-bond acceptors (Lipinski definition) is 5. The zero-order valence-electron chi connectivity index (χ0n) is 17.0. The van der Waals surface area contributed by atoms with Crippen molar-refractivity contribution in [2.24, 2.45) is 0 Å². The van der Waals surface area contributed by atoms with Crippen molar-refractivity contribution in [2.75, 3.05) is 31.2 Å². The molecule has 0 saturated carbocycles. The average molecular weight is 417 g/mol. The van der Waals surface area contributed by atoms with E-state index in [1.807, 2.05) is 54.6 Å². The van der Waals surface area contributed by atoms with Crippen LogP contribution in [0.25, 0.3) is 11.1 Å². The lowest BCUT2D eigenvalue weighted by molar-refractivity contribution is -0.135. The van der Waals surface area contributed by atoms with Crippen LogP contribution >= 0.6 is 0 Å². The third-order valence-electron chi connectivity index (χ3n) is 4.96. The number of fused-ring (bicyclic) bond motifs is 1. The van der Waals surface area contributed by atoms with E-state index in [0.29, 0.717) is 19.0 Å². The van der Waals surface area contributed by atoms with Gasteiger partial charge in [0.2, 0.25) is 5.76 Å². The fraction of sp³-hybridized carbons (Fsp3) is 0.160. The lowest BCUT2D eigenvalue weighted by Gasteiger charge is -2.31. The molecule has 6 nitrogen and oxygen atoms in total. The maximum atomic E-state index is 10.9. The van der Waals surface area contributed by atoms with Crippen LogP contribution in [0.3, 0.4) is 0 Å². The molecule has 3 aromatic rings. The minimum absolute atomic E-state index is 0.316. The molecule has 0 saturated heterocycles. The van der Waals surface area contributed by atoms with Gasteiger partial charge in [-0.1, -0.05) is 36.4 Å². The number of aliphatic carboxylic acids is 1. The van der Waals surface area contributed by atoms with Crippen molar-refractivity contribution in [3.05, 3.63) is 85.1 Å². The Morgan fingerprint density at radius 1 is 1.00 bits per heavy atom. The molecule has 0 atom stereocenters. The smallest absolute Gasteiger partial charge is 0.371 e. The maximum Gasteiger partial charge on any atom is 0.371 e. The highest BCUT2D eigenvalue weighted by molar-refractivity contribution is 5.84. The van der Waals surface area contributed by atoms with E-state index in [1.54, 1.807) is 12.1 Å². The highest BCUT2D eigenvalue weighted by Crippen LogP contribution is 2.31. The topological polar surface area (TPSA) is 68.2 Å². The van der Waals surface area contributed by atoms with Gasteiger partial charge in [-0.25, -0.2) is 4.79 Å². The number of para-hydroxylation sites is 2. The summed E-state index contributed by atoms with van der Waals surface area (Å²) in [6.45, 7) is 6.24. The summed E-state index contributed by atoms with van der Waals surface area (Å²) in [5, 5.41) is 8.91. The van der Waals surface area contributed by atoms with Crippen LogP contribution in [0.15, 0.2) is 85.1 Å². The van der Waals surface area contributed by atoms with E-state index in [2.05, 4.69) is 17.5 Å².